The fraction of sp³-hybridized carbons (Fsp3) is 0.571. The summed E-state index contributed by atoms with van der Waals surface area (Å²) in [7, 11) is 0. The molecule has 0 aliphatic rings. The van der Waals surface area contributed by atoms with Crippen LogP contribution >= 0.6 is 0 Å². The quantitative estimate of drug-likeness (QED) is 0.522. The van der Waals surface area contributed by atoms with Crippen molar-refractivity contribution in [2.75, 3.05) is 0 Å². The highest BCUT2D eigenvalue weighted by atomic mass is 19.1. The summed E-state index contributed by atoms with van der Waals surface area (Å²) in [4.78, 5) is 0. The third-order valence-electron chi connectivity index (χ3n) is 1.77. The van der Waals surface area contributed by atoms with Gasteiger partial charge in [0.05, 0.1) is 0 Å². The van der Waals surface area contributed by atoms with Crippen molar-refractivity contribution in [1.82, 2.24) is 0 Å². The Kier molecular flexibility index (Phi) is 14.5. The van der Waals surface area contributed by atoms with Gasteiger partial charge < -0.3 is 0 Å². The van der Waals surface area contributed by atoms with E-state index in [4.69, 9.17) is 0 Å². The van der Waals surface area contributed by atoms with Gasteiger partial charge in [0.25, 0.3) is 0 Å². The maximum atomic E-state index is 12.9. The molecule has 0 saturated heterocycles. The summed E-state index contributed by atoms with van der Waals surface area (Å²) in [6.07, 6.45) is 9.86. The van der Waals surface area contributed by atoms with Crippen molar-refractivity contribution in [2.24, 2.45) is 0 Å². The van der Waals surface area contributed by atoms with E-state index in [0.29, 0.717) is 0 Å². The SMILES string of the molecule is CC.C\C=C(/C=C\C(F)=C\CC)CCC. The average Bonchev–Trinajstić information content (AvgIpc) is 2.27. The van der Waals surface area contributed by atoms with E-state index in [-0.39, 0.29) is 5.83 Å². The van der Waals surface area contributed by atoms with Gasteiger partial charge in [-0.05, 0) is 31.9 Å². The first-order chi connectivity index (χ1) is 7.24. The topological polar surface area (TPSA) is 0 Å². The molecule has 0 atom stereocenters. The van der Waals surface area contributed by atoms with E-state index in [1.54, 1.807) is 6.08 Å². The van der Waals surface area contributed by atoms with Gasteiger partial charge in [0.1, 0.15) is 5.83 Å². The van der Waals surface area contributed by atoms with Crippen LogP contribution in [0.2, 0.25) is 0 Å². The van der Waals surface area contributed by atoms with Crippen LogP contribution in [0.3, 0.4) is 0 Å². The van der Waals surface area contributed by atoms with Gasteiger partial charge in [-0.15, -0.1) is 0 Å². The van der Waals surface area contributed by atoms with E-state index in [1.807, 2.05) is 39.8 Å². The van der Waals surface area contributed by atoms with E-state index in [2.05, 4.69) is 6.92 Å². The van der Waals surface area contributed by atoms with Crippen LogP contribution in [0.5, 0.6) is 0 Å². The van der Waals surface area contributed by atoms with Gasteiger partial charge in [-0.25, -0.2) is 4.39 Å². The number of rotatable bonds is 5. The zero-order valence-electron chi connectivity index (χ0n) is 10.8. The van der Waals surface area contributed by atoms with Crippen LogP contribution in [0.15, 0.2) is 35.7 Å². The van der Waals surface area contributed by atoms with Gasteiger partial charge in [-0.3, -0.25) is 0 Å². The molecular weight excluding hydrogens is 187 g/mol. The van der Waals surface area contributed by atoms with Crippen molar-refractivity contribution < 1.29 is 4.39 Å². The second-order valence-electron chi connectivity index (χ2n) is 2.94. The van der Waals surface area contributed by atoms with Crippen LogP contribution in [0.4, 0.5) is 4.39 Å². The predicted octanol–water partition coefficient (Wildman–Crippen LogP) is 5.58. The number of halogens is 1. The van der Waals surface area contributed by atoms with Crippen LogP contribution in [-0.2, 0) is 0 Å². The first kappa shape index (κ1) is 16.6. The highest BCUT2D eigenvalue weighted by molar-refractivity contribution is 5.24. The summed E-state index contributed by atoms with van der Waals surface area (Å²) in [5.41, 5.74) is 1.20. The Bertz CT molecular complexity index is 209. The molecule has 0 radical (unpaired) electrons. The number of hydrogen-bond donors (Lipinski definition) is 0. The Hall–Kier alpha value is -0.850. The Morgan fingerprint density at radius 3 is 2.13 bits per heavy atom. The highest BCUT2D eigenvalue weighted by Crippen LogP contribution is 2.09. The van der Waals surface area contributed by atoms with Crippen molar-refractivity contribution in [3.8, 4) is 0 Å². The van der Waals surface area contributed by atoms with Crippen LogP contribution in [-0.4, -0.2) is 0 Å². The van der Waals surface area contributed by atoms with Crippen LogP contribution in [0, 0.1) is 0 Å². The molecule has 0 aromatic heterocycles. The van der Waals surface area contributed by atoms with Gasteiger partial charge in [0, 0.05) is 0 Å². The van der Waals surface area contributed by atoms with Crippen LogP contribution in [0.1, 0.15) is 53.9 Å². The lowest BCUT2D eigenvalue weighted by Crippen LogP contribution is -1.76. The van der Waals surface area contributed by atoms with E-state index in [9.17, 15) is 4.39 Å². The zero-order chi connectivity index (χ0) is 12.1. The average molecular weight is 212 g/mol. The third-order valence-corrected chi connectivity index (χ3v) is 1.77. The molecule has 0 aliphatic carbocycles. The molecule has 0 N–H and O–H groups in total. The Morgan fingerprint density at radius 1 is 1.13 bits per heavy atom. The molecule has 0 spiro atoms. The summed E-state index contributed by atoms with van der Waals surface area (Å²) in [5.74, 6) is -0.141. The molecule has 0 aromatic rings. The third kappa shape index (κ3) is 11.1. The van der Waals surface area contributed by atoms with Crippen molar-refractivity contribution in [3.63, 3.8) is 0 Å². The first-order valence-electron chi connectivity index (χ1n) is 5.93. The Balaban J connectivity index is 0. The van der Waals surface area contributed by atoms with Crippen LogP contribution < -0.4 is 0 Å². The van der Waals surface area contributed by atoms with Crippen molar-refractivity contribution in [2.45, 2.75) is 53.9 Å². The minimum absolute atomic E-state index is 0.141. The largest absolute Gasteiger partial charge is 0.207 e. The molecule has 0 rings (SSSR count). The molecule has 0 bridgehead atoms. The fourth-order valence-corrected chi connectivity index (χ4v) is 1.06. The minimum Gasteiger partial charge on any atom is -0.207 e. The summed E-state index contributed by atoms with van der Waals surface area (Å²) >= 11 is 0. The zero-order valence-corrected chi connectivity index (χ0v) is 10.8. The predicted molar refractivity (Wildman–Crippen MR) is 68.6 cm³/mol. The maximum absolute atomic E-state index is 12.9. The van der Waals surface area contributed by atoms with Gasteiger partial charge in [0.15, 0.2) is 0 Å². The smallest absolute Gasteiger partial charge is 0.119 e. The second kappa shape index (κ2) is 13.2. The summed E-state index contributed by atoms with van der Waals surface area (Å²) in [5, 5.41) is 0. The molecule has 0 heterocycles. The van der Waals surface area contributed by atoms with Crippen molar-refractivity contribution >= 4 is 0 Å². The highest BCUT2D eigenvalue weighted by Gasteiger charge is 1.89. The van der Waals surface area contributed by atoms with Crippen LogP contribution in [0.25, 0.3) is 0 Å². The van der Waals surface area contributed by atoms with Gasteiger partial charge >= 0.3 is 0 Å². The minimum atomic E-state index is -0.141. The normalized spacial score (nSPS) is 12.7. The molecule has 0 unspecified atom stereocenters. The monoisotopic (exact) mass is 212 g/mol. The lowest BCUT2D eigenvalue weighted by molar-refractivity contribution is 0.661. The Morgan fingerprint density at radius 2 is 1.73 bits per heavy atom. The van der Waals surface area contributed by atoms with E-state index < -0.39 is 0 Å². The molecule has 0 aromatic carbocycles. The van der Waals surface area contributed by atoms with Gasteiger partial charge in [0.2, 0.25) is 0 Å². The van der Waals surface area contributed by atoms with Crippen molar-refractivity contribution in [1.29, 1.82) is 0 Å². The molecule has 0 aliphatic heterocycles. The number of hydrogen-bond acceptors (Lipinski definition) is 0. The van der Waals surface area contributed by atoms with E-state index >= 15 is 0 Å². The summed E-state index contributed by atoms with van der Waals surface area (Å²) in [6, 6.07) is 0. The molecule has 0 amide bonds. The molecule has 15 heavy (non-hydrogen) atoms. The van der Waals surface area contributed by atoms with Crippen molar-refractivity contribution in [3.05, 3.63) is 35.7 Å². The Labute approximate surface area is 94.6 Å². The maximum Gasteiger partial charge on any atom is 0.119 e. The molecule has 88 valence electrons. The van der Waals surface area contributed by atoms with Gasteiger partial charge in [-0.2, -0.15) is 0 Å². The molecule has 0 nitrogen and oxygen atoms in total. The lowest BCUT2D eigenvalue weighted by Gasteiger charge is -1.96. The standard InChI is InChI=1S/C12H19F.C2H6/c1-4-7-11(6-3)9-10-12(13)8-5-2;1-2/h6,8-10H,4-5,7H2,1-3H3;1-2H3/b10-9-,11-6-,12-8-;. The summed E-state index contributed by atoms with van der Waals surface area (Å²) in [6.45, 7) is 10.0. The first-order valence-corrected chi connectivity index (χ1v) is 5.93. The lowest BCUT2D eigenvalue weighted by atomic mass is 10.1. The molecule has 0 saturated carbocycles. The number of allylic oxidation sites excluding steroid dienone is 6. The molecule has 1 heteroatoms. The summed E-state index contributed by atoms with van der Waals surface area (Å²) < 4.78 is 12.9. The second-order valence-corrected chi connectivity index (χ2v) is 2.94. The van der Waals surface area contributed by atoms with E-state index in [0.717, 1.165) is 19.3 Å². The van der Waals surface area contributed by atoms with Gasteiger partial charge in [-0.1, -0.05) is 51.8 Å². The fourth-order valence-electron chi connectivity index (χ4n) is 1.06. The molecular formula is C14H25F. The molecule has 0 fully saturated rings. The van der Waals surface area contributed by atoms with E-state index in [1.165, 1.54) is 11.6 Å².